The Morgan fingerprint density at radius 1 is 1.50 bits per heavy atom. The number of hydrogen-bond acceptors (Lipinski definition) is 3. The second-order valence-corrected chi connectivity index (χ2v) is 3.07. The van der Waals surface area contributed by atoms with Crippen LogP contribution in [0.4, 0.5) is 0 Å². The largest absolute Gasteiger partial charge is 0.379 e. The fourth-order valence-electron chi connectivity index (χ4n) is 1.01. The predicted octanol–water partition coefficient (Wildman–Crippen LogP) is 1.96. The van der Waals surface area contributed by atoms with Gasteiger partial charge in [-0.15, -0.1) is 6.58 Å². The molecule has 0 aromatic rings. The second kappa shape index (κ2) is 10.4. The molecular formula is C11H20O3. The summed E-state index contributed by atoms with van der Waals surface area (Å²) < 4.78 is 10.6. The number of unbranched alkanes of at least 4 members (excludes halogenated alkanes) is 1. The number of hydrogen-bond donors (Lipinski definition) is 0. The van der Waals surface area contributed by atoms with E-state index in [1.54, 1.807) is 6.08 Å². The molecule has 0 aromatic carbocycles. The van der Waals surface area contributed by atoms with E-state index in [1.807, 2.05) is 0 Å². The molecule has 0 aliphatic carbocycles. The van der Waals surface area contributed by atoms with Crippen LogP contribution in [0, 0.1) is 0 Å². The lowest BCUT2D eigenvalue weighted by atomic mass is 10.2. The molecule has 3 heteroatoms. The summed E-state index contributed by atoms with van der Waals surface area (Å²) in [4.78, 5) is 10.1. The van der Waals surface area contributed by atoms with Crippen LogP contribution in [-0.4, -0.2) is 32.2 Å². The molecule has 0 amide bonds. The van der Waals surface area contributed by atoms with Crippen LogP contribution in [-0.2, 0) is 14.3 Å². The van der Waals surface area contributed by atoms with Gasteiger partial charge >= 0.3 is 0 Å². The Morgan fingerprint density at radius 2 is 2.29 bits per heavy atom. The summed E-state index contributed by atoms with van der Waals surface area (Å²) in [7, 11) is 0. The monoisotopic (exact) mass is 200 g/mol. The first-order valence-corrected chi connectivity index (χ1v) is 5.09. The lowest BCUT2D eigenvalue weighted by Crippen LogP contribution is -2.20. The summed E-state index contributed by atoms with van der Waals surface area (Å²) in [5, 5.41) is 0. The van der Waals surface area contributed by atoms with E-state index in [0.29, 0.717) is 6.61 Å². The maximum atomic E-state index is 10.1. The van der Waals surface area contributed by atoms with Gasteiger partial charge in [0.2, 0.25) is 0 Å². The molecule has 0 saturated heterocycles. The zero-order valence-electron chi connectivity index (χ0n) is 8.91. The van der Waals surface area contributed by atoms with E-state index in [4.69, 9.17) is 9.47 Å². The molecule has 3 nitrogen and oxygen atoms in total. The van der Waals surface area contributed by atoms with Gasteiger partial charge in [0, 0.05) is 6.61 Å². The molecule has 0 N–H and O–H groups in total. The van der Waals surface area contributed by atoms with Crippen molar-refractivity contribution in [2.24, 2.45) is 0 Å². The fraction of sp³-hybridized carbons (Fsp3) is 0.727. The minimum absolute atomic E-state index is 0.0328. The molecule has 0 aromatic heterocycles. The molecule has 0 spiro atoms. The van der Waals surface area contributed by atoms with E-state index in [1.165, 1.54) is 0 Å². The summed E-state index contributed by atoms with van der Waals surface area (Å²) >= 11 is 0. The third-order valence-corrected chi connectivity index (χ3v) is 1.78. The van der Waals surface area contributed by atoms with Gasteiger partial charge in [0.1, 0.15) is 12.9 Å². The Kier molecular flexibility index (Phi) is 9.91. The van der Waals surface area contributed by atoms with Crippen LogP contribution in [0.5, 0.6) is 0 Å². The summed E-state index contributed by atoms with van der Waals surface area (Å²) in [6.07, 6.45) is 5.41. The lowest BCUT2D eigenvalue weighted by Gasteiger charge is -2.14. The third-order valence-electron chi connectivity index (χ3n) is 1.78. The number of rotatable bonds is 10. The second-order valence-electron chi connectivity index (χ2n) is 3.07. The van der Waals surface area contributed by atoms with Crippen LogP contribution < -0.4 is 0 Å². The zero-order chi connectivity index (χ0) is 10.6. The quantitative estimate of drug-likeness (QED) is 0.307. The lowest BCUT2D eigenvalue weighted by molar-refractivity contribution is -0.115. The molecule has 0 unspecified atom stereocenters. The van der Waals surface area contributed by atoms with E-state index in [2.05, 4.69) is 13.5 Å². The molecular weight excluding hydrogens is 180 g/mol. The molecule has 0 aliphatic heterocycles. The van der Waals surface area contributed by atoms with Crippen LogP contribution >= 0.6 is 0 Å². The smallest absolute Gasteiger partial charge is 0.145 e. The SMILES string of the molecule is C=CC[C@H](COCCCC)OCC=O. The van der Waals surface area contributed by atoms with Crippen molar-refractivity contribution in [1.82, 2.24) is 0 Å². The Bertz CT molecular complexity index is 145. The molecule has 14 heavy (non-hydrogen) atoms. The molecule has 0 aliphatic rings. The van der Waals surface area contributed by atoms with Gasteiger partial charge in [0.25, 0.3) is 0 Å². The highest BCUT2D eigenvalue weighted by atomic mass is 16.5. The summed E-state index contributed by atoms with van der Waals surface area (Å²) in [6, 6.07) is 0. The van der Waals surface area contributed by atoms with Gasteiger partial charge in [-0.25, -0.2) is 0 Å². The maximum Gasteiger partial charge on any atom is 0.145 e. The van der Waals surface area contributed by atoms with Crippen molar-refractivity contribution in [3.8, 4) is 0 Å². The van der Waals surface area contributed by atoms with Crippen molar-refractivity contribution >= 4 is 6.29 Å². The third kappa shape index (κ3) is 7.95. The van der Waals surface area contributed by atoms with Crippen LogP contribution in [0.25, 0.3) is 0 Å². The number of ether oxygens (including phenoxy) is 2. The van der Waals surface area contributed by atoms with Gasteiger partial charge in [-0.1, -0.05) is 19.4 Å². The summed E-state index contributed by atoms with van der Waals surface area (Å²) in [6.45, 7) is 7.18. The van der Waals surface area contributed by atoms with Gasteiger partial charge in [-0.2, -0.15) is 0 Å². The summed E-state index contributed by atoms with van der Waals surface area (Å²) in [5.74, 6) is 0. The molecule has 0 heterocycles. The zero-order valence-corrected chi connectivity index (χ0v) is 8.91. The fourth-order valence-corrected chi connectivity index (χ4v) is 1.01. The molecule has 0 rings (SSSR count). The van der Waals surface area contributed by atoms with Gasteiger partial charge in [0.05, 0.1) is 12.7 Å². The average Bonchev–Trinajstić information content (AvgIpc) is 2.20. The Balaban J connectivity index is 3.50. The predicted molar refractivity (Wildman–Crippen MR) is 56.3 cm³/mol. The minimum atomic E-state index is -0.0328. The van der Waals surface area contributed by atoms with Gasteiger partial charge in [-0.05, 0) is 12.8 Å². The topological polar surface area (TPSA) is 35.5 Å². The molecule has 1 atom stereocenters. The van der Waals surface area contributed by atoms with Crippen molar-refractivity contribution in [3.63, 3.8) is 0 Å². The molecule has 0 bridgehead atoms. The number of carbonyl (C=O) groups is 1. The van der Waals surface area contributed by atoms with Crippen molar-refractivity contribution < 1.29 is 14.3 Å². The molecule has 0 radical (unpaired) electrons. The van der Waals surface area contributed by atoms with E-state index < -0.39 is 0 Å². The molecule has 0 fully saturated rings. The minimum Gasteiger partial charge on any atom is -0.379 e. The summed E-state index contributed by atoms with van der Waals surface area (Å²) in [5.41, 5.74) is 0. The van der Waals surface area contributed by atoms with E-state index in [0.717, 1.165) is 32.2 Å². The van der Waals surface area contributed by atoms with Gasteiger partial charge < -0.3 is 14.3 Å². The van der Waals surface area contributed by atoms with Crippen molar-refractivity contribution in [1.29, 1.82) is 0 Å². The number of aldehydes is 1. The van der Waals surface area contributed by atoms with Gasteiger partial charge in [-0.3, -0.25) is 0 Å². The Hall–Kier alpha value is -0.670. The van der Waals surface area contributed by atoms with Crippen molar-refractivity contribution in [2.45, 2.75) is 32.3 Å². The van der Waals surface area contributed by atoms with Crippen molar-refractivity contribution in [2.75, 3.05) is 19.8 Å². The van der Waals surface area contributed by atoms with E-state index >= 15 is 0 Å². The maximum absolute atomic E-state index is 10.1. The van der Waals surface area contributed by atoms with Crippen molar-refractivity contribution in [3.05, 3.63) is 12.7 Å². The molecule has 82 valence electrons. The first-order valence-electron chi connectivity index (χ1n) is 5.09. The van der Waals surface area contributed by atoms with E-state index in [9.17, 15) is 4.79 Å². The van der Waals surface area contributed by atoms with Crippen LogP contribution in [0.1, 0.15) is 26.2 Å². The highest BCUT2D eigenvalue weighted by molar-refractivity contribution is 5.50. The average molecular weight is 200 g/mol. The highest BCUT2D eigenvalue weighted by Gasteiger charge is 2.06. The Labute approximate surface area is 86.1 Å². The first kappa shape index (κ1) is 13.3. The number of carbonyl (C=O) groups excluding carboxylic acids is 1. The van der Waals surface area contributed by atoms with Crippen LogP contribution in [0.15, 0.2) is 12.7 Å². The highest BCUT2D eigenvalue weighted by Crippen LogP contribution is 2.00. The van der Waals surface area contributed by atoms with Crippen LogP contribution in [0.2, 0.25) is 0 Å². The standard InChI is InChI=1S/C11H20O3/c1-3-5-8-13-10-11(6-4-2)14-9-7-12/h4,7,11H,2-3,5-6,8-10H2,1H3/t11-/m1/s1. The van der Waals surface area contributed by atoms with Gasteiger partial charge in [0.15, 0.2) is 0 Å². The normalized spacial score (nSPS) is 12.4. The Morgan fingerprint density at radius 3 is 2.86 bits per heavy atom. The first-order chi connectivity index (χ1) is 6.85. The van der Waals surface area contributed by atoms with Crippen LogP contribution in [0.3, 0.4) is 0 Å². The van der Waals surface area contributed by atoms with E-state index in [-0.39, 0.29) is 12.7 Å². The molecule has 0 saturated carbocycles.